The van der Waals surface area contributed by atoms with Gasteiger partial charge in [0.1, 0.15) is 11.3 Å². The maximum Gasteiger partial charge on any atom is 0.274 e. The van der Waals surface area contributed by atoms with Crippen molar-refractivity contribution in [1.29, 1.82) is 0 Å². The van der Waals surface area contributed by atoms with Gasteiger partial charge in [-0.1, -0.05) is 6.07 Å². The van der Waals surface area contributed by atoms with Crippen LogP contribution < -0.4 is 5.73 Å². The number of hydrogen-bond donors (Lipinski definition) is 1. The molecule has 0 aromatic carbocycles. The molecular formula is C15H20N4O. The van der Waals surface area contributed by atoms with E-state index in [1.807, 2.05) is 40.6 Å². The number of fused-ring (bicyclic) bond motifs is 1. The first-order valence-corrected chi connectivity index (χ1v) is 7.17. The van der Waals surface area contributed by atoms with Crippen molar-refractivity contribution < 1.29 is 4.79 Å². The lowest BCUT2D eigenvalue weighted by molar-refractivity contribution is 0.0578. The molecule has 20 heavy (non-hydrogen) atoms. The van der Waals surface area contributed by atoms with Crippen LogP contribution in [0.3, 0.4) is 0 Å². The number of rotatable bonds is 2. The molecule has 2 atom stereocenters. The maximum atomic E-state index is 12.7. The highest BCUT2D eigenvalue weighted by Crippen LogP contribution is 2.21. The zero-order valence-electron chi connectivity index (χ0n) is 11.7. The minimum Gasteiger partial charge on any atom is -0.333 e. The smallest absolute Gasteiger partial charge is 0.274 e. The number of likely N-dealkylation sites (tertiary alicyclic amines) is 1. The van der Waals surface area contributed by atoms with Crippen LogP contribution in [0.5, 0.6) is 0 Å². The van der Waals surface area contributed by atoms with Crippen molar-refractivity contribution >= 4 is 11.6 Å². The highest BCUT2D eigenvalue weighted by molar-refractivity contribution is 5.93. The summed E-state index contributed by atoms with van der Waals surface area (Å²) in [6.07, 6.45) is 6.86. The van der Waals surface area contributed by atoms with Gasteiger partial charge in [0, 0.05) is 31.0 Å². The van der Waals surface area contributed by atoms with Crippen LogP contribution in [0.25, 0.3) is 5.65 Å². The zero-order chi connectivity index (χ0) is 14.1. The molecule has 1 fully saturated rings. The molecule has 1 aliphatic rings. The fraction of sp³-hybridized carbons (Fsp3) is 0.467. The Morgan fingerprint density at radius 2 is 2.30 bits per heavy atom. The molecule has 0 radical (unpaired) electrons. The van der Waals surface area contributed by atoms with Crippen LogP contribution in [-0.2, 0) is 0 Å². The van der Waals surface area contributed by atoms with Crippen molar-refractivity contribution in [3.63, 3.8) is 0 Å². The third kappa shape index (κ3) is 2.29. The summed E-state index contributed by atoms with van der Waals surface area (Å²) in [6.45, 7) is 2.75. The lowest BCUT2D eigenvalue weighted by Crippen LogP contribution is -2.51. The number of nitrogens with two attached hydrogens (primary N) is 1. The Balaban J connectivity index is 1.90. The van der Waals surface area contributed by atoms with E-state index >= 15 is 0 Å². The van der Waals surface area contributed by atoms with E-state index in [9.17, 15) is 4.79 Å². The Bertz CT molecular complexity index is 586. The van der Waals surface area contributed by atoms with Crippen LogP contribution in [0.15, 0.2) is 30.6 Å². The van der Waals surface area contributed by atoms with E-state index in [0.717, 1.165) is 31.5 Å². The molecule has 3 heterocycles. The second-order valence-corrected chi connectivity index (χ2v) is 5.51. The Kier molecular flexibility index (Phi) is 3.44. The molecule has 0 bridgehead atoms. The number of pyridine rings is 1. The fourth-order valence-corrected chi connectivity index (χ4v) is 2.94. The summed E-state index contributed by atoms with van der Waals surface area (Å²) in [5.74, 6) is -0.00398. The van der Waals surface area contributed by atoms with Crippen molar-refractivity contribution in [2.45, 2.75) is 38.3 Å². The third-order valence-electron chi connectivity index (χ3n) is 4.00. The number of nitrogens with zero attached hydrogens (tertiary/aromatic N) is 3. The Morgan fingerprint density at radius 3 is 3.05 bits per heavy atom. The van der Waals surface area contributed by atoms with E-state index in [4.69, 9.17) is 5.73 Å². The molecule has 2 N–H and O–H groups in total. The topological polar surface area (TPSA) is 63.6 Å². The summed E-state index contributed by atoms with van der Waals surface area (Å²) in [4.78, 5) is 19.0. The van der Waals surface area contributed by atoms with E-state index in [0.29, 0.717) is 5.69 Å². The number of carbonyl (C=O) groups is 1. The van der Waals surface area contributed by atoms with Gasteiger partial charge in [-0.05, 0) is 38.3 Å². The summed E-state index contributed by atoms with van der Waals surface area (Å²) in [5, 5.41) is 0. The number of carbonyl (C=O) groups excluding carboxylic acids is 1. The van der Waals surface area contributed by atoms with Crippen LogP contribution in [-0.4, -0.2) is 38.8 Å². The van der Waals surface area contributed by atoms with E-state index < -0.39 is 0 Å². The first kappa shape index (κ1) is 13.1. The van der Waals surface area contributed by atoms with Gasteiger partial charge in [0.15, 0.2) is 0 Å². The largest absolute Gasteiger partial charge is 0.333 e. The van der Waals surface area contributed by atoms with Gasteiger partial charge in [0.2, 0.25) is 0 Å². The predicted molar refractivity (Wildman–Crippen MR) is 77.5 cm³/mol. The summed E-state index contributed by atoms with van der Waals surface area (Å²) in [6, 6.07) is 5.87. The summed E-state index contributed by atoms with van der Waals surface area (Å²) in [5.41, 5.74) is 7.33. The number of aromatic nitrogens is 2. The van der Waals surface area contributed by atoms with Gasteiger partial charge in [0.05, 0.1) is 0 Å². The van der Waals surface area contributed by atoms with E-state index in [1.54, 1.807) is 6.20 Å². The molecule has 3 rings (SSSR count). The van der Waals surface area contributed by atoms with Gasteiger partial charge in [-0.3, -0.25) is 4.79 Å². The second kappa shape index (κ2) is 5.25. The number of amides is 1. The van der Waals surface area contributed by atoms with Crippen molar-refractivity contribution in [2.24, 2.45) is 5.73 Å². The van der Waals surface area contributed by atoms with E-state index in [-0.39, 0.29) is 18.0 Å². The van der Waals surface area contributed by atoms with Crippen molar-refractivity contribution in [2.75, 3.05) is 6.54 Å². The van der Waals surface area contributed by atoms with Crippen LogP contribution in [0, 0.1) is 0 Å². The monoisotopic (exact) mass is 272 g/mol. The normalized spacial score (nSPS) is 21.1. The Hall–Kier alpha value is -1.88. The SMILES string of the molecule is CC(N)C1CCCCN1C(=O)c1cn2ccccc2n1. The zero-order valence-corrected chi connectivity index (χ0v) is 11.7. The predicted octanol–water partition coefficient (Wildman–Crippen LogP) is 1.68. The quantitative estimate of drug-likeness (QED) is 0.904. The lowest BCUT2D eigenvalue weighted by Gasteiger charge is -2.37. The molecule has 106 valence electrons. The Labute approximate surface area is 118 Å². The average molecular weight is 272 g/mol. The van der Waals surface area contributed by atoms with E-state index in [2.05, 4.69) is 4.98 Å². The highest BCUT2D eigenvalue weighted by atomic mass is 16.2. The van der Waals surface area contributed by atoms with Gasteiger partial charge in [0.25, 0.3) is 5.91 Å². The Morgan fingerprint density at radius 1 is 1.45 bits per heavy atom. The first-order valence-electron chi connectivity index (χ1n) is 7.17. The maximum absolute atomic E-state index is 12.7. The lowest BCUT2D eigenvalue weighted by atomic mass is 9.96. The van der Waals surface area contributed by atoms with Gasteiger partial charge in [-0.15, -0.1) is 0 Å². The molecule has 1 saturated heterocycles. The molecule has 1 amide bonds. The molecule has 2 aromatic heterocycles. The number of piperidine rings is 1. The van der Waals surface area contributed by atoms with Gasteiger partial charge in [-0.25, -0.2) is 4.98 Å². The van der Waals surface area contributed by atoms with Gasteiger partial charge in [-0.2, -0.15) is 0 Å². The first-order chi connectivity index (χ1) is 9.66. The summed E-state index contributed by atoms with van der Waals surface area (Å²) >= 11 is 0. The molecular weight excluding hydrogens is 252 g/mol. The molecule has 1 aliphatic heterocycles. The minimum absolute atomic E-state index is 0.00344. The average Bonchev–Trinajstić information content (AvgIpc) is 2.90. The van der Waals surface area contributed by atoms with Crippen LogP contribution in [0.4, 0.5) is 0 Å². The second-order valence-electron chi connectivity index (χ2n) is 5.51. The standard InChI is InChI=1S/C15H20N4O/c1-11(16)13-6-2-5-9-19(13)15(20)12-10-18-8-4-3-7-14(18)17-12/h3-4,7-8,10-11,13H,2,5-6,9,16H2,1H3. The summed E-state index contributed by atoms with van der Waals surface area (Å²) in [7, 11) is 0. The number of imidazole rings is 1. The fourth-order valence-electron chi connectivity index (χ4n) is 2.94. The van der Waals surface area contributed by atoms with Crippen molar-refractivity contribution in [1.82, 2.24) is 14.3 Å². The third-order valence-corrected chi connectivity index (χ3v) is 4.00. The van der Waals surface area contributed by atoms with Gasteiger partial charge < -0.3 is 15.0 Å². The van der Waals surface area contributed by atoms with Crippen molar-refractivity contribution in [3.05, 3.63) is 36.3 Å². The summed E-state index contributed by atoms with van der Waals surface area (Å²) < 4.78 is 1.87. The molecule has 0 saturated carbocycles. The van der Waals surface area contributed by atoms with E-state index in [1.165, 1.54) is 0 Å². The highest BCUT2D eigenvalue weighted by Gasteiger charge is 2.30. The van der Waals surface area contributed by atoms with Crippen LogP contribution in [0.1, 0.15) is 36.7 Å². The van der Waals surface area contributed by atoms with Crippen molar-refractivity contribution in [3.8, 4) is 0 Å². The molecule has 2 aromatic rings. The van der Waals surface area contributed by atoms with Gasteiger partial charge >= 0.3 is 0 Å². The molecule has 0 aliphatic carbocycles. The van der Waals surface area contributed by atoms with Crippen LogP contribution in [0.2, 0.25) is 0 Å². The van der Waals surface area contributed by atoms with Crippen LogP contribution >= 0.6 is 0 Å². The molecule has 0 spiro atoms. The molecule has 2 unspecified atom stereocenters. The molecule has 5 nitrogen and oxygen atoms in total. The number of hydrogen-bond acceptors (Lipinski definition) is 3. The minimum atomic E-state index is -0.00398. The molecule has 5 heteroatoms.